The standard InChI is InChI=1S/C22H27NO2/c1-21(2,3)15-11-14(12-16(20(15)24)22(4,5)6)13-19-23-17-9-7-8-10-18(17)25-19/h7-12,24H,13H2,1-6H3. The van der Waals surface area contributed by atoms with Gasteiger partial charge in [-0.2, -0.15) is 0 Å². The van der Waals surface area contributed by atoms with Crippen molar-refractivity contribution in [3.63, 3.8) is 0 Å². The summed E-state index contributed by atoms with van der Waals surface area (Å²) in [5, 5.41) is 10.8. The number of fused-ring (bicyclic) bond motifs is 1. The van der Waals surface area contributed by atoms with Gasteiger partial charge in [0.05, 0.1) is 0 Å². The Morgan fingerprint density at radius 2 is 1.48 bits per heavy atom. The molecule has 0 aliphatic carbocycles. The molecule has 1 heterocycles. The molecule has 0 saturated carbocycles. The van der Waals surface area contributed by atoms with Crippen LogP contribution in [0, 0.1) is 0 Å². The third kappa shape index (κ3) is 3.55. The monoisotopic (exact) mass is 337 g/mol. The smallest absolute Gasteiger partial charge is 0.199 e. The fourth-order valence-corrected chi connectivity index (χ4v) is 3.11. The average molecular weight is 337 g/mol. The van der Waals surface area contributed by atoms with Crippen molar-refractivity contribution >= 4 is 11.1 Å². The number of phenols is 1. The van der Waals surface area contributed by atoms with Gasteiger partial charge in [-0.1, -0.05) is 65.8 Å². The molecule has 25 heavy (non-hydrogen) atoms. The Kier molecular flexibility index (Phi) is 4.14. The number of hydrogen-bond acceptors (Lipinski definition) is 3. The molecule has 3 heteroatoms. The van der Waals surface area contributed by atoms with Gasteiger partial charge in [0.2, 0.25) is 0 Å². The number of hydrogen-bond donors (Lipinski definition) is 1. The molecule has 1 N–H and O–H groups in total. The van der Waals surface area contributed by atoms with Crippen LogP contribution in [-0.2, 0) is 17.3 Å². The summed E-state index contributed by atoms with van der Waals surface area (Å²) in [5.41, 5.74) is 4.45. The van der Waals surface area contributed by atoms with E-state index in [0.717, 1.165) is 27.8 Å². The third-order valence-corrected chi connectivity index (χ3v) is 4.48. The van der Waals surface area contributed by atoms with E-state index in [9.17, 15) is 5.11 Å². The SMILES string of the molecule is CC(C)(C)c1cc(Cc2nc3ccccc3o2)cc(C(C)(C)C)c1O. The molecular formula is C22H27NO2. The molecule has 0 aliphatic rings. The van der Waals surface area contributed by atoms with Gasteiger partial charge in [-0.05, 0) is 39.7 Å². The number of para-hydroxylation sites is 2. The molecule has 0 bridgehead atoms. The van der Waals surface area contributed by atoms with Crippen molar-refractivity contribution in [2.45, 2.75) is 58.8 Å². The predicted molar refractivity (Wildman–Crippen MR) is 102 cm³/mol. The Labute approximate surface area is 149 Å². The van der Waals surface area contributed by atoms with Crippen molar-refractivity contribution in [1.82, 2.24) is 4.98 Å². The highest BCUT2D eigenvalue weighted by Gasteiger charge is 2.26. The molecule has 0 radical (unpaired) electrons. The van der Waals surface area contributed by atoms with Gasteiger partial charge in [-0.3, -0.25) is 0 Å². The van der Waals surface area contributed by atoms with E-state index in [2.05, 4.69) is 58.7 Å². The van der Waals surface area contributed by atoms with Crippen molar-refractivity contribution in [3.8, 4) is 5.75 Å². The largest absolute Gasteiger partial charge is 0.507 e. The number of phenolic OH excluding ortho intramolecular Hbond substituents is 1. The Hall–Kier alpha value is -2.29. The molecule has 3 nitrogen and oxygen atoms in total. The second-order valence-corrected chi connectivity index (χ2v) is 8.79. The molecule has 0 atom stereocenters. The fourth-order valence-electron chi connectivity index (χ4n) is 3.11. The molecule has 2 aromatic carbocycles. The first-order valence-electron chi connectivity index (χ1n) is 8.77. The first kappa shape index (κ1) is 17.5. The highest BCUT2D eigenvalue weighted by Crippen LogP contribution is 2.40. The maximum Gasteiger partial charge on any atom is 0.199 e. The minimum Gasteiger partial charge on any atom is -0.507 e. The van der Waals surface area contributed by atoms with E-state index in [1.165, 1.54) is 0 Å². The number of aromatic hydroxyl groups is 1. The summed E-state index contributed by atoms with van der Waals surface area (Å²) in [7, 11) is 0. The highest BCUT2D eigenvalue weighted by atomic mass is 16.3. The topological polar surface area (TPSA) is 46.3 Å². The summed E-state index contributed by atoms with van der Waals surface area (Å²) in [6, 6.07) is 12.0. The van der Waals surface area contributed by atoms with Gasteiger partial charge in [0.15, 0.2) is 11.5 Å². The molecule has 0 fully saturated rings. The Morgan fingerprint density at radius 1 is 0.920 bits per heavy atom. The van der Waals surface area contributed by atoms with Crippen LogP contribution in [-0.4, -0.2) is 10.1 Å². The number of aromatic nitrogens is 1. The van der Waals surface area contributed by atoms with Crippen LogP contribution in [0.25, 0.3) is 11.1 Å². The van der Waals surface area contributed by atoms with Crippen LogP contribution in [0.1, 0.15) is 64.1 Å². The number of benzene rings is 2. The van der Waals surface area contributed by atoms with Crippen molar-refractivity contribution in [3.05, 3.63) is 59.0 Å². The van der Waals surface area contributed by atoms with Crippen molar-refractivity contribution in [1.29, 1.82) is 0 Å². The number of oxazole rings is 1. The lowest BCUT2D eigenvalue weighted by Crippen LogP contribution is -2.18. The van der Waals surface area contributed by atoms with Gasteiger partial charge in [-0.15, -0.1) is 0 Å². The molecule has 3 aromatic rings. The van der Waals surface area contributed by atoms with E-state index in [1.54, 1.807) is 0 Å². The summed E-state index contributed by atoms with van der Waals surface area (Å²) in [6.07, 6.45) is 0.612. The molecule has 0 saturated heterocycles. The van der Waals surface area contributed by atoms with Crippen LogP contribution in [0.15, 0.2) is 40.8 Å². The predicted octanol–water partition coefficient (Wildman–Crippen LogP) is 5.72. The van der Waals surface area contributed by atoms with E-state index >= 15 is 0 Å². The highest BCUT2D eigenvalue weighted by molar-refractivity contribution is 5.72. The first-order chi connectivity index (χ1) is 11.6. The minimum absolute atomic E-state index is 0.138. The third-order valence-electron chi connectivity index (χ3n) is 4.48. The summed E-state index contributed by atoms with van der Waals surface area (Å²) < 4.78 is 5.88. The van der Waals surface area contributed by atoms with Crippen LogP contribution in [0.4, 0.5) is 0 Å². The van der Waals surface area contributed by atoms with Crippen LogP contribution in [0.3, 0.4) is 0 Å². The molecule has 1 aromatic heterocycles. The summed E-state index contributed by atoms with van der Waals surface area (Å²) >= 11 is 0. The van der Waals surface area contributed by atoms with E-state index in [-0.39, 0.29) is 10.8 Å². The lowest BCUT2D eigenvalue weighted by Gasteiger charge is -2.28. The molecule has 0 aliphatic heterocycles. The van der Waals surface area contributed by atoms with E-state index in [4.69, 9.17) is 4.42 Å². The average Bonchev–Trinajstić information content (AvgIpc) is 2.88. The second-order valence-electron chi connectivity index (χ2n) is 8.79. The Bertz CT molecular complexity index is 840. The van der Waals surface area contributed by atoms with Gasteiger partial charge in [-0.25, -0.2) is 4.98 Å². The summed E-state index contributed by atoms with van der Waals surface area (Å²) in [4.78, 5) is 4.58. The number of rotatable bonds is 2. The van der Waals surface area contributed by atoms with Gasteiger partial charge < -0.3 is 9.52 Å². The quantitative estimate of drug-likeness (QED) is 0.650. The molecule has 0 spiro atoms. The van der Waals surface area contributed by atoms with Gasteiger partial charge >= 0.3 is 0 Å². The molecular weight excluding hydrogens is 310 g/mol. The van der Waals surface area contributed by atoms with Crippen molar-refractivity contribution in [2.24, 2.45) is 0 Å². The Balaban J connectivity index is 2.09. The normalized spacial score (nSPS) is 12.7. The molecule has 0 amide bonds. The zero-order valence-electron chi connectivity index (χ0n) is 16.0. The summed E-state index contributed by atoms with van der Waals surface area (Å²) in [5.74, 6) is 1.10. The van der Waals surface area contributed by atoms with Gasteiger partial charge in [0, 0.05) is 6.42 Å². The van der Waals surface area contributed by atoms with Crippen LogP contribution < -0.4 is 0 Å². The molecule has 0 unspecified atom stereocenters. The van der Waals surface area contributed by atoms with Gasteiger partial charge in [0.25, 0.3) is 0 Å². The van der Waals surface area contributed by atoms with Gasteiger partial charge in [0.1, 0.15) is 11.3 Å². The maximum absolute atomic E-state index is 10.8. The fraction of sp³-hybridized carbons (Fsp3) is 0.409. The van der Waals surface area contributed by atoms with Crippen LogP contribution >= 0.6 is 0 Å². The molecule has 3 rings (SSSR count). The van der Waals surface area contributed by atoms with E-state index < -0.39 is 0 Å². The molecule has 132 valence electrons. The second kappa shape index (κ2) is 5.91. The number of nitrogens with zero attached hydrogens (tertiary/aromatic N) is 1. The van der Waals surface area contributed by atoms with E-state index in [1.807, 2.05) is 24.3 Å². The Morgan fingerprint density at radius 3 is 2.00 bits per heavy atom. The lowest BCUT2D eigenvalue weighted by atomic mass is 9.78. The van der Waals surface area contributed by atoms with Crippen LogP contribution in [0.2, 0.25) is 0 Å². The first-order valence-corrected chi connectivity index (χ1v) is 8.77. The van der Waals surface area contributed by atoms with Crippen LogP contribution in [0.5, 0.6) is 5.75 Å². The summed E-state index contributed by atoms with van der Waals surface area (Å²) in [6.45, 7) is 12.7. The van der Waals surface area contributed by atoms with E-state index in [0.29, 0.717) is 18.1 Å². The zero-order valence-corrected chi connectivity index (χ0v) is 16.0. The lowest BCUT2D eigenvalue weighted by molar-refractivity contribution is 0.422. The zero-order chi connectivity index (χ0) is 18.4. The van der Waals surface area contributed by atoms with Crippen molar-refractivity contribution < 1.29 is 9.52 Å². The minimum atomic E-state index is -0.138. The maximum atomic E-state index is 10.8. The van der Waals surface area contributed by atoms with Crippen molar-refractivity contribution in [2.75, 3.05) is 0 Å².